The van der Waals surface area contributed by atoms with E-state index < -0.39 is 0 Å². The second kappa shape index (κ2) is 8.64. The van der Waals surface area contributed by atoms with E-state index in [9.17, 15) is 9.59 Å². The molecule has 4 heteroatoms. The lowest BCUT2D eigenvalue weighted by Crippen LogP contribution is -2.33. The van der Waals surface area contributed by atoms with Crippen molar-refractivity contribution < 1.29 is 9.59 Å². The van der Waals surface area contributed by atoms with Gasteiger partial charge >= 0.3 is 0 Å². The first-order valence-electron chi connectivity index (χ1n) is 7.66. The monoisotopic (exact) mass is 298 g/mol. The molecule has 0 heterocycles. The molecule has 0 saturated heterocycles. The third-order valence-electron chi connectivity index (χ3n) is 4.33. The molecule has 2 saturated carbocycles. The van der Waals surface area contributed by atoms with Gasteiger partial charge in [0.05, 0.1) is 12.1 Å². The van der Waals surface area contributed by atoms with Gasteiger partial charge in [0.25, 0.3) is 0 Å². The van der Waals surface area contributed by atoms with Crippen LogP contribution in [0.3, 0.4) is 0 Å². The molecule has 0 unspecified atom stereocenters. The van der Waals surface area contributed by atoms with Gasteiger partial charge in [-0.05, 0) is 67.7 Å². The first-order valence-corrected chi connectivity index (χ1v) is 7.66. The van der Waals surface area contributed by atoms with Gasteiger partial charge in [-0.25, -0.2) is 0 Å². The van der Waals surface area contributed by atoms with Crippen molar-refractivity contribution in [2.24, 2.45) is 11.8 Å². The maximum Gasteiger partial charge on any atom is 0.152 e. The molecule has 2 aliphatic rings. The second-order valence-electron chi connectivity index (χ2n) is 6.63. The van der Waals surface area contributed by atoms with Gasteiger partial charge in [-0.1, -0.05) is 7.43 Å². The third kappa shape index (κ3) is 6.70. The summed E-state index contributed by atoms with van der Waals surface area (Å²) >= 11 is 0. The molecule has 0 radical (unpaired) electrons. The van der Waals surface area contributed by atoms with Crippen LogP contribution in [-0.4, -0.2) is 61.6 Å². The van der Waals surface area contributed by atoms with E-state index in [1.807, 2.05) is 51.8 Å². The quantitative estimate of drug-likeness (QED) is 0.755. The minimum absolute atomic E-state index is 0. The number of likely N-dealkylation sites (N-methyl/N-ethyl adjacent to an activating group) is 2. The van der Waals surface area contributed by atoms with E-state index in [0.717, 1.165) is 25.7 Å². The van der Waals surface area contributed by atoms with Crippen molar-refractivity contribution >= 4 is 11.6 Å². The Balaban J connectivity index is 0.000000364. The van der Waals surface area contributed by atoms with E-state index >= 15 is 0 Å². The van der Waals surface area contributed by atoms with Gasteiger partial charge in [0, 0.05) is 11.8 Å². The Bertz CT molecular complexity index is 311. The normalized spacial score (nSPS) is 20.2. The van der Waals surface area contributed by atoms with Gasteiger partial charge in [0.15, 0.2) is 11.6 Å². The lowest BCUT2D eigenvalue weighted by molar-refractivity contribution is -0.124. The average molecular weight is 298 g/mol. The predicted octanol–water partition coefficient (Wildman–Crippen LogP) is 2.47. The summed E-state index contributed by atoms with van der Waals surface area (Å²) < 4.78 is 0. The lowest BCUT2D eigenvalue weighted by Gasteiger charge is -2.17. The Morgan fingerprint density at radius 3 is 1.14 bits per heavy atom. The van der Waals surface area contributed by atoms with Crippen molar-refractivity contribution in [3.05, 3.63) is 0 Å². The summed E-state index contributed by atoms with van der Waals surface area (Å²) in [5, 5.41) is 0. The molecule has 2 rings (SSSR count). The first kappa shape index (κ1) is 20.3. The molecule has 2 aliphatic carbocycles. The molecule has 0 aromatic carbocycles. The summed E-state index contributed by atoms with van der Waals surface area (Å²) in [4.78, 5) is 26.6. The molecular formula is C17H34N2O2. The van der Waals surface area contributed by atoms with Crippen LogP contribution in [0.5, 0.6) is 0 Å². The van der Waals surface area contributed by atoms with Crippen molar-refractivity contribution in [3.63, 3.8) is 0 Å². The minimum atomic E-state index is 0. The van der Waals surface area contributed by atoms with Crippen LogP contribution >= 0.6 is 0 Å². The number of carbonyl (C=O) groups is 2. The fraction of sp³-hybridized carbons (Fsp3) is 0.882. The summed E-state index contributed by atoms with van der Waals surface area (Å²) in [7, 11) is 7.80. The van der Waals surface area contributed by atoms with Crippen LogP contribution < -0.4 is 0 Å². The molecule has 21 heavy (non-hydrogen) atoms. The molecule has 0 spiro atoms. The highest BCUT2D eigenvalue weighted by molar-refractivity contribution is 5.88. The third-order valence-corrected chi connectivity index (χ3v) is 4.33. The van der Waals surface area contributed by atoms with Crippen LogP contribution in [0.2, 0.25) is 0 Å². The highest BCUT2D eigenvalue weighted by atomic mass is 16.1. The Kier molecular flexibility index (Phi) is 8.34. The lowest BCUT2D eigenvalue weighted by atomic mass is 10.1. The van der Waals surface area contributed by atoms with Gasteiger partial charge < -0.3 is 0 Å². The van der Waals surface area contributed by atoms with Crippen LogP contribution in [0.1, 0.15) is 47.0 Å². The fourth-order valence-corrected chi connectivity index (χ4v) is 1.93. The Labute approximate surface area is 130 Å². The standard InChI is InChI=1S/2C8H15NO.CH4/c2*1-6(9(2)3)8(10)7-4-5-7;/h2*6-7H,4-5H2,1-3H3;1H4/t2*6-;/m10./s1. The summed E-state index contributed by atoms with van der Waals surface area (Å²) in [6.45, 7) is 3.95. The molecule has 0 aromatic heterocycles. The number of hydrogen-bond donors (Lipinski definition) is 0. The molecule has 2 atom stereocenters. The molecule has 4 nitrogen and oxygen atoms in total. The zero-order valence-corrected chi connectivity index (χ0v) is 13.8. The fourth-order valence-electron chi connectivity index (χ4n) is 1.93. The van der Waals surface area contributed by atoms with E-state index in [2.05, 4.69) is 0 Å². The number of carbonyl (C=O) groups excluding carboxylic acids is 2. The molecule has 0 amide bonds. The highest BCUT2D eigenvalue weighted by Crippen LogP contribution is 2.31. The van der Waals surface area contributed by atoms with Crippen molar-refractivity contribution in [1.29, 1.82) is 0 Å². The zero-order chi connectivity index (χ0) is 15.4. The number of nitrogens with zero attached hydrogens (tertiary/aromatic N) is 2. The van der Waals surface area contributed by atoms with Crippen LogP contribution in [0.15, 0.2) is 0 Å². The largest absolute Gasteiger partial charge is 0.300 e. The number of ketones is 2. The second-order valence-corrected chi connectivity index (χ2v) is 6.63. The minimum Gasteiger partial charge on any atom is -0.300 e. The maximum atomic E-state index is 11.3. The topological polar surface area (TPSA) is 40.6 Å². The van der Waals surface area contributed by atoms with Crippen molar-refractivity contribution in [1.82, 2.24) is 9.80 Å². The van der Waals surface area contributed by atoms with Gasteiger partial charge in [0.1, 0.15) is 0 Å². The Morgan fingerprint density at radius 2 is 1.00 bits per heavy atom. The summed E-state index contributed by atoms with van der Waals surface area (Å²) in [6.07, 6.45) is 4.49. The summed E-state index contributed by atoms with van der Waals surface area (Å²) in [6, 6.07) is 0.236. The van der Waals surface area contributed by atoms with Crippen molar-refractivity contribution in [3.8, 4) is 0 Å². The van der Waals surface area contributed by atoms with E-state index in [0.29, 0.717) is 23.4 Å². The average Bonchev–Trinajstić information content (AvgIpc) is 3.27. The summed E-state index contributed by atoms with van der Waals surface area (Å²) in [5.74, 6) is 1.64. The van der Waals surface area contributed by atoms with Gasteiger partial charge in [-0.15, -0.1) is 0 Å². The molecule has 2 fully saturated rings. The van der Waals surface area contributed by atoms with E-state index in [1.165, 1.54) is 0 Å². The number of Topliss-reactive ketones (excluding diaryl/α,β-unsaturated/α-hetero) is 2. The Morgan fingerprint density at radius 1 is 0.762 bits per heavy atom. The molecule has 124 valence electrons. The molecular weight excluding hydrogens is 264 g/mol. The van der Waals surface area contributed by atoms with Crippen LogP contribution in [0.25, 0.3) is 0 Å². The van der Waals surface area contributed by atoms with Gasteiger partial charge in [-0.3, -0.25) is 19.4 Å². The smallest absolute Gasteiger partial charge is 0.152 e. The predicted molar refractivity (Wildman–Crippen MR) is 88.5 cm³/mol. The van der Waals surface area contributed by atoms with Crippen LogP contribution in [0, 0.1) is 11.8 Å². The van der Waals surface area contributed by atoms with E-state index in [-0.39, 0.29) is 19.5 Å². The van der Waals surface area contributed by atoms with Gasteiger partial charge in [-0.2, -0.15) is 0 Å². The Hall–Kier alpha value is -0.740. The van der Waals surface area contributed by atoms with Crippen molar-refractivity contribution in [2.45, 2.75) is 59.0 Å². The maximum absolute atomic E-state index is 11.3. The molecule has 0 aliphatic heterocycles. The van der Waals surface area contributed by atoms with Gasteiger partial charge in [0.2, 0.25) is 0 Å². The number of hydrogen-bond acceptors (Lipinski definition) is 4. The molecule has 0 bridgehead atoms. The summed E-state index contributed by atoms with van der Waals surface area (Å²) in [5.41, 5.74) is 0. The van der Waals surface area contributed by atoms with E-state index in [1.54, 1.807) is 0 Å². The molecule has 0 aromatic rings. The SMILES string of the molecule is C.C[C@@H](C(=O)C1CC1)N(C)C.C[C@H](C(=O)C1CC1)N(C)C. The van der Waals surface area contributed by atoms with Crippen LogP contribution in [0.4, 0.5) is 0 Å². The van der Waals surface area contributed by atoms with E-state index in [4.69, 9.17) is 0 Å². The highest BCUT2D eigenvalue weighted by Gasteiger charge is 2.33. The molecule has 0 N–H and O–H groups in total. The zero-order valence-electron chi connectivity index (χ0n) is 13.8. The van der Waals surface area contributed by atoms with Crippen LogP contribution in [-0.2, 0) is 9.59 Å². The first-order chi connectivity index (χ1) is 9.25. The number of rotatable bonds is 6. The van der Waals surface area contributed by atoms with Crippen molar-refractivity contribution in [2.75, 3.05) is 28.2 Å².